The van der Waals surface area contributed by atoms with Crippen LogP contribution in [0.25, 0.3) is 0 Å². The highest BCUT2D eigenvalue weighted by Crippen LogP contribution is 2.31. The van der Waals surface area contributed by atoms with E-state index < -0.39 is 10.0 Å². The zero-order valence-corrected chi connectivity index (χ0v) is 11.3. The van der Waals surface area contributed by atoms with Gasteiger partial charge in [-0.25, -0.2) is 13.1 Å². The molecule has 0 aromatic heterocycles. The lowest BCUT2D eigenvalue weighted by Crippen LogP contribution is -2.30. The lowest BCUT2D eigenvalue weighted by Gasteiger charge is -2.25. The standard InChI is InChI=1S/C11H16N2O2S.ClH/c1-16(14,15)13-11-4-2-3-8-7-9(12)5-6-10(8)11;/h5-7,11,13H,2-4,12H2,1H3;1H. The summed E-state index contributed by atoms with van der Waals surface area (Å²) in [5.74, 6) is 0. The third-order valence-corrected chi connectivity index (χ3v) is 3.55. The highest BCUT2D eigenvalue weighted by Gasteiger charge is 2.22. The average Bonchev–Trinajstić information content (AvgIpc) is 2.15. The fourth-order valence-corrected chi connectivity index (χ4v) is 2.98. The van der Waals surface area contributed by atoms with Crippen molar-refractivity contribution in [2.45, 2.75) is 25.3 Å². The molecule has 17 heavy (non-hydrogen) atoms. The predicted molar refractivity (Wildman–Crippen MR) is 71.8 cm³/mol. The molecule has 0 saturated carbocycles. The zero-order valence-electron chi connectivity index (χ0n) is 9.64. The Morgan fingerprint density at radius 2 is 2.12 bits per heavy atom. The van der Waals surface area contributed by atoms with Crippen LogP contribution in [0.4, 0.5) is 5.69 Å². The Balaban J connectivity index is 0.00000144. The van der Waals surface area contributed by atoms with Crippen LogP contribution in [0.2, 0.25) is 0 Å². The number of sulfonamides is 1. The van der Waals surface area contributed by atoms with E-state index >= 15 is 0 Å². The Bertz CT molecular complexity index is 502. The topological polar surface area (TPSA) is 72.2 Å². The van der Waals surface area contributed by atoms with E-state index in [0.717, 1.165) is 36.1 Å². The Hall–Kier alpha value is -0.780. The Kier molecular flexibility index (Phi) is 4.41. The van der Waals surface area contributed by atoms with Gasteiger partial charge in [0.1, 0.15) is 0 Å². The summed E-state index contributed by atoms with van der Waals surface area (Å²) in [5, 5.41) is 0. The van der Waals surface area contributed by atoms with E-state index in [1.54, 1.807) is 0 Å². The van der Waals surface area contributed by atoms with Crippen molar-refractivity contribution in [2.24, 2.45) is 0 Å². The van der Waals surface area contributed by atoms with E-state index in [0.29, 0.717) is 0 Å². The number of anilines is 1. The second-order valence-corrected chi connectivity index (χ2v) is 6.07. The third-order valence-electron chi connectivity index (χ3n) is 2.84. The fraction of sp³-hybridized carbons (Fsp3) is 0.455. The Labute approximate surface area is 108 Å². The van der Waals surface area contributed by atoms with Crippen LogP contribution in [0.15, 0.2) is 18.2 Å². The number of nitrogen functional groups attached to an aromatic ring is 1. The Morgan fingerprint density at radius 1 is 1.41 bits per heavy atom. The molecule has 1 atom stereocenters. The minimum Gasteiger partial charge on any atom is -0.399 e. The molecule has 0 saturated heterocycles. The molecule has 1 aromatic carbocycles. The van der Waals surface area contributed by atoms with Gasteiger partial charge in [-0.15, -0.1) is 12.4 Å². The van der Waals surface area contributed by atoms with E-state index in [1.165, 1.54) is 6.26 Å². The summed E-state index contributed by atoms with van der Waals surface area (Å²) in [7, 11) is -3.16. The molecule has 1 unspecified atom stereocenters. The number of hydrogen-bond acceptors (Lipinski definition) is 3. The summed E-state index contributed by atoms with van der Waals surface area (Å²) in [5.41, 5.74) is 8.67. The van der Waals surface area contributed by atoms with Gasteiger partial charge in [-0.05, 0) is 42.5 Å². The molecule has 0 heterocycles. The lowest BCUT2D eigenvalue weighted by atomic mass is 9.88. The molecule has 0 amide bonds. The summed E-state index contributed by atoms with van der Waals surface area (Å²) < 4.78 is 25.1. The van der Waals surface area contributed by atoms with Crippen LogP contribution in [0, 0.1) is 0 Å². The summed E-state index contributed by atoms with van der Waals surface area (Å²) in [6, 6.07) is 5.58. The van der Waals surface area contributed by atoms with Crippen LogP contribution in [-0.4, -0.2) is 14.7 Å². The van der Waals surface area contributed by atoms with Crippen molar-refractivity contribution >= 4 is 28.1 Å². The fourth-order valence-electron chi connectivity index (χ4n) is 2.22. The molecule has 3 N–H and O–H groups in total. The normalized spacial score (nSPS) is 19.2. The molecule has 4 nitrogen and oxygen atoms in total. The van der Waals surface area contributed by atoms with Gasteiger partial charge in [0.05, 0.1) is 6.26 Å². The number of rotatable bonds is 2. The van der Waals surface area contributed by atoms with Gasteiger partial charge in [-0.3, -0.25) is 0 Å². The summed E-state index contributed by atoms with van der Waals surface area (Å²) in [6.07, 6.45) is 4.01. The van der Waals surface area contributed by atoms with Crippen LogP contribution >= 0.6 is 12.4 Å². The second-order valence-electron chi connectivity index (χ2n) is 4.29. The van der Waals surface area contributed by atoms with Crippen molar-refractivity contribution < 1.29 is 8.42 Å². The maximum atomic E-state index is 11.2. The SMILES string of the molecule is CS(=O)(=O)NC1CCCc2cc(N)ccc21.Cl. The smallest absolute Gasteiger partial charge is 0.209 e. The predicted octanol–water partition coefficient (Wildman–Crippen LogP) is 1.62. The first-order chi connectivity index (χ1) is 7.46. The van der Waals surface area contributed by atoms with Crippen LogP contribution < -0.4 is 10.5 Å². The number of aryl methyl sites for hydroxylation is 1. The third kappa shape index (κ3) is 3.59. The van der Waals surface area contributed by atoms with E-state index in [2.05, 4.69) is 4.72 Å². The van der Waals surface area contributed by atoms with E-state index in [4.69, 9.17) is 5.73 Å². The van der Waals surface area contributed by atoms with Crippen LogP contribution in [-0.2, 0) is 16.4 Å². The Morgan fingerprint density at radius 3 is 2.76 bits per heavy atom. The first-order valence-electron chi connectivity index (χ1n) is 5.31. The summed E-state index contributed by atoms with van der Waals surface area (Å²) in [6.45, 7) is 0. The van der Waals surface area contributed by atoms with Crippen LogP contribution in [0.1, 0.15) is 30.0 Å². The lowest BCUT2D eigenvalue weighted by molar-refractivity contribution is 0.510. The minimum atomic E-state index is -3.16. The van der Waals surface area contributed by atoms with Crippen molar-refractivity contribution in [3.8, 4) is 0 Å². The number of nitrogens with one attached hydrogen (secondary N) is 1. The van der Waals surface area contributed by atoms with Gasteiger partial charge in [0.25, 0.3) is 0 Å². The van der Waals surface area contributed by atoms with Gasteiger partial charge in [0.15, 0.2) is 0 Å². The van der Waals surface area contributed by atoms with Crippen molar-refractivity contribution in [1.82, 2.24) is 4.72 Å². The number of hydrogen-bond donors (Lipinski definition) is 2. The van der Waals surface area contributed by atoms with E-state index in [-0.39, 0.29) is 18.4 Å². The molecule has 1 aliphatic carbocycles. The van der Waals surface area contributed by atoms with Gasteiger partial charge in [-0.1, -0.05) is 6.07 Å². The van der Waals surface area contributed by atoms with Crippen molar-refractivity contribution in [1.29, 1.82) is 0 Å². The summed E-state index contributed by atoms with van der Waals surface area (Å²) in [4.78, 5) is 0. The van der Waals surface area contributed by atoms with Gasteiger partial charge in [0.2, 0.25) is 10.0 Å². The number of fused-ring (bicyclic) bond motifs is 1. The quantitative estimate of drug-likeness (QED) is 0.806. The second kappa shape index (κ2) is 5.25. The first-order valence-corrected chi connectivity index (χ1v) is 7.20. The maximum Gasteiger partial charge on any atom is 0.209 e. The summed E-state index contributed by atoms with van der Waals surface area (Å²) >= 11 is 0. The molecule has 2 rings (SSSR count). The highest BCUT2D eigenvalue weighted by atomic mass is 35.5. The average molecular weight is 277 g/mol. The van der Waals surface area contributed by atoms with Crippen LogP contribution in [0.5, 0.6) is 0 Å². The monoisotopic (exact) mass is 276 g/mol. The minimum absolute atomic E-state index is 0. The molecule has 0 bridgehead atoms. The molecule has 0 radical (unpaired) electrons. The van der Waals surface area contributed by atoms with Crippen molar-refractivity contribution in [2.75, 3.05) is 12.0 Å². The van der Waals surface area contributed by atoms with E-state index in [1.807, 2.05) is 18.2 Å². The molecule has 1 aromatic rings. The van der Waals surface area contributed by atoms with Gasteiger partial charge in [-0.2, -0.15) is 0 Å². The van der Waals surface area contributed by atoms with Gasteiger partial charge < -0.3 is 5.73 Å². The zero-order chi connectivity index (χ0) is 11.8. The van der Waals surface area contributed by atoms with Gasteiger partial charge in [0, 0.05) is 11.7 Å². The molecule has 0 fully saturated rings. The maximum absolute atomic E-state index is 11.2. The van der Waals surface area contributed by atoms with E-state index in [9.17, 15) is 8.42 Å². The highest BCUT2D eigenvalue weighted by molar-refractivity contribution is 7.88. The van der Waals surface area contributed by atoms with Crippen LogP contribution in [0.3, 0.4) is 0 Å². The van der Waals surface area contributed by atoms with Crippen molar-refractivity contribution in [3.05, 3.63) is 29.3 Å². The molecule has 1 aliphatic rings. The largest absolute Gasteiger partial charge is 0.399 e. The molecular weight excluding hydrogens is 260 g/mol. The molecule has 0 aliphatic heterocycles. The molecule has 0 spiro atoms. The molecular formula is C11H17ClN2O2S. The van der Waals surface area contributed by atoms with Crippen molar-refractivity contribution in [3.63, 3.8) is 0 Å². The number of nitrogens with two attached hydrogens (primary N) is 1. The number of halogens is 1. The molecule has 6 heteroatoms. The molecule has 96 valence electrons. The number of benzene rings is 1. The van der Waals surface area contributed by atoms with Gasteiger partial charge >= 0.3 is 0 Å². The first kappa shape index (κ1) is 14.3.